The number of thiazole rings is 1. The Kier molecular flexibility index (Phi) is 2.41. The van der Waals surface area contributed by atoms with Crippen molar-refractivity contribution in [3.05, 3.63) is 41.4 Å². The predicted molar refractivity (Wildman–Crippen MR) is 58.1 cm³/mol. The van der Waals surface area contributed by atoms with Crippen molar-refractivity contribution in [1.29, 1.82) is 0 Å². The van der Waals surface area contributed by atoms with Gasteiger partial charge in [-0.2, -0.15) is 0 Å². The molecular formula is C11H11NS. The van der Waals surface area contributed by atoms with Gasteiger partial charge in [0.2, 0.25) is 0 Å². The molecule has 0 spiro atoms. The minimum absolute atomic E-state index is 0.954. The monoisotopic (exact) mass is 189 g/mol. The zero-order valence-electron chi connectivity index (χ0n) is 7.53. The fourth-order valence-electron chi connectivity index (χ4n) is 1.23. The quantitative estimate of drug-likeness (QED) is 0.660. The fourth-order valence-corrected chi connectivity index (χ4v) is 2.17. The van der Waals surface area contributed by atoms with Crippen LogP contribution in [0.15, 0.2) is 36.4 Å². The maximum absolute atomic E-state index is 4.52. The van der Waals surface area contributed by atoms with Crippen LogP contribution in [0.5, 0.6) is 0 Å². The summed E-state index contributed by atoms with van der Waals surface area (Å²) in [5.74, 6) is 0. The van der Waals surface area contributed by atoms with E-state index < -0.39 is 0 Å². The van der Waals surface area contributed by atoms with Crippen molar-refractivity contribution in [3.8, 4) is 0 Å². The van der Waals surface area contributed by atoms with Crippen LogP contribution in [-0.2, 0) is 6.42 Å². The molecule has 0 bridgehead atoms. The highest BCUT2D eigenvalue weighted by molar-refractivity contribution is 7.18. The summed E-state index contributed by atoms with van der Waals surface area (Å²) >= 11 is 1.77. The molecule has 2 heteroatoms. The van der Waals surface area contributed by atoms with Crippen LogP contribution in [0.25, 0.3) is 10.2 Å². The van der Waals surface area contributed by atoms with Crippen molar-refractivity contribution in [3.63, 3.8) is 0 Å². The van der Waals surface area contributed by atoms with Crippen molar-refractivity contribution in [2.75, 3.05) is 0 Å². The SMILES string of the molecule is C/C=C\Cc1nc2ccccc2s1. The van der Waals surface area contributed by atoms with Crippen LogP contribution in [0.1, 0.15) is 11.9 Å². The maximum Gasteiger partial charge on any atom is 0.0976 e. The number of rotatable bonds is 2. The smallest absolute Gasteiger partial charge is 0.0976 e. The lowest BCUT2D eigenvalue weighted by atomic mass is 10.3. The van der Waals surface area contributed by atoms with E-state index in [1.54, 1.807) is 11.3 Å². The molecular weight excluding hydrogens is 178 g/mol. The third-order valence-corrected chi connectivity index (χ3v) is 2.93. The number of para-hydroxylation sites is 1. The van der Waals surface area contributed by atoms with Crippen molar-refractivity contribution in [2.45, 2.75) is 13.3 Å². The largest absolute Gasteiger partial charge is 0.241 e. The zero-order valence-corrected chi connectivity index (χ0v) is 8.34. The Hall–Kier alpha value is -1.15. The highest BCUT2D eigenvalue weighted by Crippen LogP contribution is 2.21. The first kappa shape index (κ1) is 8.45. The number of fused-ring (bicyclic) bond motifs is 1. The van der Waals surface area contributed by atoms with Crippen LogP contribution in [-0.4, -0.2) is 4.98 Å². The van der Waals surface area contributed by atoms with Gasteiger partial charge in [0.05, 0.1) is 15.2 Å². The standard InChI is InChI=1S/C11H11NS/c1-2-3-8-11-12-9-6-4-5-7-10(9)13-11/h2-7H,8H2,1H3/b3-2-. The number of hydrogen-bond donors (Lipinski definition) is 0. The van der Waals surface area contributed by atoms with E-state index in [0.29, 0.717) is 0 Å². The van der Waals surface area contributed by atoms with Crippen LogP contribution >= 0.6 is 11.3 Å². The first-order chi connectivity index (χ1) is 6.40. The van der Waals surface area contributed by atoms with E-state index >= 15 is 0 Å². The van der Waals surface area contributed by atoms with Gasteiger partial charge < -0.3 is 0 Å². The van der Waals surface area contributed by atoms with Crippen LogP contribution in [0.4, 0.5) is 0 Å². The Morgan fingerprint density at radius 2 is 2.23 bits per heavy atom. The second-order valence-electron chi connectivity index (χ2n) is 2.85. The lowest BCUT2D eigenvalue weighted by molar-refractivity contribution is 1.21. The van der Waals surface area contributed by atoms with E-state index in [0.717, 1.165) is 11.9 Å². The van der Waals surface area contributed by atoms with Crippen molar-refractivity contribution in [2.24, 2.45) is 0 Å². The molecule has 2 rings (SSSR count). The molecule has 1 heterocycles. The van der Waals surface area contributed by atoms with Gasteiger partial charge in [-0.1, -0.05) is 24.3 Å². The number of allylic oxidation sites excluding steroid dienone is 2. The van der Waals surface area contributed by atoms with E-state index in [9.17, 15) is 0 Å². The lowest BCUT2D eigenvalue weighted by Gasteiger charge is -1.82. The molecule has 2 aromatic rings. The van der Waals surface area contributed by atoms with Crippen molar-refractivity contribution >= 4 is 21.6 Å². The Labute approximate surface area is 81.7 Å². The van der Waals surface area contributed by atoms with Gasteiger partial charge in [0.25, 0.3) is 0 Å². The number of hydrogen-bond acceptors (Lipinski definition) is 2. The normalized spacial score (nSPS) is 11.5. The van der Waals surface area contributed by atoms with Crippen molar-refractivity contribution < 1.29 is 0 Å². The number of aromatic nitrogens is 1. The molecule has 0 amide bonds. The summed E-state index contributed by atoms with van der Waals surface area (Å²) in [5.41, 5.74) is 1.12. The number of benzene rings is 1. The Balaban J connectivity index is 2.38. The van der Waals surface area contributed by atoms with Crippen LogP contribution in [0.2, 0.25) is 0 Å². The van der Waals surface area contributed by atoms with Gasteiger partial charge in [-0.3, -0.25) is 0 Å². The van der Waals surface area contributed by atoms with Gasteiger partial charge in [-0.25, -0.2) is 4.98 Å². The highest BCUT2D eigenvalue weighted by Gasteiger charge is 1.99. The molecule has 0 radical (unpaired) electrons. The van der Waals surface area contributed by atoms with E-state index in [-0.39, 0.29) is 0 Å². The van der Waals surface area contributed by atoms with Gasteiger partial charge in [0.1, 0.15) is 0 Å². The predicted octanol–water partition coefficient (Wildman–Crippen LogP) is 3.41. The molecule has 0 saturated carbocycles. The second-order valence-corrected chi connectivity index (χ2v) is 3.96. The third kappa shape index (κ3) is 1.78. The van der Waals surface area contributed by atoms with E-state index in [2.05, 4.69) is 35.3 Å². The highest BCUT2D eigenvalue weighted by atomic mass is 32.1. The first-order valence-corrected chi connectivity index (χ1v) is 5.17. The minimum atomic E-state index is 0.954. The summed E-state index contributed by atoms with van der Waals surface area (Å²) in [4.78, 5) is 4.52. The molecule has 66 valence electrons. The fraction of sp³-hybridized carbons (Fsp3) is 0.182. The lowest BCUT2D eigenvalue weighted by Crippen LogP contribution is -1.75. The Morgan fingerprint density at radius 1 is 1.38 bits per heavy atom. The van der Waals surface area contributed by atoms with E-state index in [4.69, 9.17) is 0 Å². The minimum Gasteiger partial charge on any atom is -0.241 e. The molecule has 0 unspecified atom stereocenters. The molecule has 0 saturated heterocycles. The Morgan fingerprint density at radius 3 is 3.00 bits per heavy atom. The Bertz CT molecular complexity index is 395. The molecule has 1 aromatic carbocycles. The summed E-state index contributed by atoms with van der Waals surface area (Å²) < 4.78 is 1.28. The average molecular weight is 189 g/mol. The summed E-state index contributed by atoms with van der Waals surface area (Å²) in [6, 6.07) is 8.26. The van der Waals surface area contributed by atoms with E-state index in [1.807, 2.05) is 13.0 Å². The molecule has 1 aromatic heterocycles. The molecule has 0 fully saturated rings. The summed E-state index contributed by atoms with van der Waals surface area (Å²) in [6.07, 6.45) is 5.15. The summed E-state index contributed by atoms with van der Waals surface area (Å²) in [7, 11) is 0. The molecule has 0 aliphatic rings. The van der Waals surface area contributed by atoms with Gasteiger partial charge in [-0.05, 0) is 19.1 Å². The number of nitrogens with zero attached hydrogens (tertiary/aromatic N) is 1. The summed E-state index contributed by atoms with van der Waals surface area (Å²) in [6.45, 7) is 2.04. The van der Waals surface area contributed by atoms with Gasteiger partial charge in [0.15, 0.2) is 0 Å². The van der Waals surface area contributed by atoms with Crippen molar-refractivity contribution in [1.82, 2.24) is 4.98 Å². The molecule has 0 N–H and O–H groups in total. The molecule has 13 heavy (non-hydrogen) atoms. The summed E-state index contributed by atoms with van der Waals surface area (Å²) in [5, 5.41) is 1.19. The maximum atomic E-state index is 4.52. The van der Waals surface area contributed by atoms with Crippen LogP contribution < -0.4 is 0 Å². The van der Waals surface area contributed by atoms with Crippen LogP contribution in [0, 0.1) is 0 Å². The molecule has 0 atom stereocenters. The van der Waals surface area contributed by atoms with Gasteiger partial charge in [0, 0.05) is 6.42 Å². The van der Waals surface area contributed by atoms with E-state index in [1.165, 1.54) is 9.71 Å². The average Bonchev–Trinajstić information content (AvgIpc) is 2.57. The molecule has 1 nitrogen and oxygen atoms in total. The molecule has 0 aliphatic carbocycles. The second kappa shape index (κ2) is 3.71. The topological polar surface area (TPSA) is 12.9 Å². The first-order valence-electron chi connectivity index (χ1n) is 4.36. The van der Waals surface area contributed by atoms with Gasteiger partial charge >= 0.3 is 0 Å². The third-order valence-electron chi connectivity index (χ3n) is 1.87. The molecule has 0 aliphatic heterocycles. The zero-order chi connectivity index (χ0) is 9.10. The van der Waals surface area contributed by atoms with Gasteiger partial charge in [-0.15, -0.1) is 11.3 Å². The van der Waals surface area contributed by atoms with Crippen LogP contribution in [0.3, 0.4) is 0 Å².